The van der Waals surface area contributed by atoms with Gasteiger partial charge in [-0.3, -0.25) is 4.79 Å². The lowest BCUT2D eigenvalue weighted by molar-refractivity contribution is 0.0879. The molecule has 1 aliphatic heterocycles. The number of carbonyl (C=O) groups excluding carboxylic acids is 1. The van der Waals surface area contributed by atoms with E-state index in [0.29, 0.717) is 12.2 Å². The molecular formula is C12H15NO4. The number of ether oxygens (including phenoxy) is 1. The maximum absolute atomic E-state index is 11.8. The molecule has 17 heavy (non-hydrogen) atoms. The molecule has 0 aliphatic carbocycles. The Morgan fingerprint density at radius 1 is 1.41 bits per heavy atom. The zero-order valence-corrected chi connectivity index (χ0v) is 9.35. The number of fused-ring (bicyclic) bond motifs is 1. The van der Waals surface area contributed by atoms with Crippen LogP contribution in [0.25, 0.3) is 0 Å². The van der Waals surface area contributed by atoms with E-state index in [1.807, 2.05) is 0 Å². The van der Waals surface area contributed by atoms with Gasteiger partial charge in [0.05, 0.1) is 25.9 Å². The Hall–Kier alpha value is -1.59. The van der Waals surface area contributed by atoms with Gasteiger partial charge in [0, 0.05) is 12.0 Å². The number of hydrogen-bond acceptors (Lipinski definition) is 4. The lowest BCUT2D eigenvalue weighted by atomic mass is 10.1. The molecule has 1 aromatic rings. The number of aliphatic hydroxyl groups is 2. The number of carbonyl (C=O) groups is 1. The highest BCUT2D eigenvalue weighted by molar-refractivity contribution is 5.94. The molecule has 1 amide bonds. The Bertz CT molecular complexity index is 415. The summed E-state index contributed by atoms with van der Waals surface area (Å²) in [6.07, 6.45) is 0.805. The molecule has 1 aromatic carbocycles. The van der Waals surface area contributed by atoms with Crippen LogP contribution in [0.1, 0.15) is 15.9 Å². The summed E-state index contributed by atoms with van der Waals surface area (Å²) in [6.45, 7) is 0.0862. The topological polar surface area (TPSA) is 78.8 Å². The summed E-state index contributed by atoms with van der Waals surface area (Å²) in [7, 11) is 0. The summed E-state index contributed by atoms with van der Waals surface area (Å²) in [4.78, 5) is 11.8. The molecule has 0 aromatic heterocycles. The van der Waals surface area contributed by atoms with Crippen LogP contribution in [0.5, 0.6) is 5.75 Å². The zero-order valence-electron chi connectivity index (χ0n) is 9.35. The van der Waals surface area contributed by atoms with Crippen LogP contribution >= 0.6 is 0 Å². The Morgan fingerprint density at radius 3 is 2.88 bits per heavy atom. The van der Waals surface area contributed by atoms with Crippen molar-refractivity contribution >= 4 is 5.91 Å². The van der Waals surface area contributed by atoms with Crippen molar-refractivity contribution in [1.82, 2.24) is 5.32 Å². The highest BCUT2D eigenvalue weighted by Gasteiger charge is 2.16. The summed E-state index contributed by atoms with van der Waals surface area (Å²) in [5.41, 5.74) is 1.53. The van der Waals surface area contributed by atoms with Gasteiger partial charge in [-0.05, 0) is 23.8 Å². The van der Waals surface area contributed by atoms with Crippen LogP contribution in [0, 0.1) is 0 Å². The van der Waals surface area contributed by atoms with Crippen molar-refractivity contribution in [2.24, 2.45) is 0 Å². The minimum atomic E-state index is -0.619. The lowest BCUT2D eigenvalue weighted by Gasteiger charge is -2.13. The average molecular weight is 237 g/mol. The standard InChI is InChI=1S/C12H15NO4/c14-6-10(7-15)13-12(16)9-1-2-11-8(5-9)3-4-17-11/h1-2,5,10,14-15H,3-4,6-7H2,(H,13,16). The van der Waals surface area contributed by atoms with Crippen LogP contribution < -0.4 is 10.1 Å². The van der Waals surface area contributed by atoms with Gasteiger partial charge in [0.25, 0.3) is 5.91 Å². The smallest absolute Gasteiger partial charge is 0.251 e. The third kappa shape index (κ3) is 2.57. The van der Waals surface area contributed by atoms with Crippen molar-refractivity contribution < 1.29 is 19.7 Å². The van der Waals surface area contributed by atoms with E-state index in [1.165, 1.54) is 0 Å². The Labute approximate surface area is 99.0 Å². The van der Waals surface area contributed by atoms with Gasteiger partial charge in [0.1, 0.15) is 5.75 Å². The van der Waals surface area contributed by atoms with E-state index in [-0.39, 0.29) is 19.1 Å². The summed E-state index contributed by atoms with van der Waals surface area (Å²) >= 11 is 0. The largest absolute Gasteiger partial charge is 0.493 e. The zero-order chi connectivity index (χ0) is 12.3. The Kier molecular flexibility index (Phi) is 3.61. The molecule has 2 rings (SSSR count). The van der Waals surface area contributed by atoms with Crippen molar-refractivity contribution in [2.45, 2.75) is 12.5 Å². The third-order valence-electron chi connectivity index (χ3n) is 2.73. The van der Waals surface area contributed by atoms with Gasteiger partial charge in [-0.2, -0.15) is 0 Å². The molecule has 5 heteroatoms. The fraction of sp³-hybridized carbons (Fsp3) is 0.417. The quantitative estimate of drug-likeness (QED) is 0.672. The maximum Gasteiger partial charge on any atom is 0.251 e. The van der Waals surface area contributed by atoms with E-state index in [9.17, 15) is 4.79 Å². The van der Waals surface area contributed by atoms with E-state index < -0.39 is 6.04 Å². The highest BCUT2D eigenvalue weighted by atomic mass is 16.5. The lowest BCUT2D eigenvalue weighted by Crippen LogP contribution is -2.40. The Morgan fingerprint density at radius 2 is 2.18 bits per heavy atom. The molecule has 3 N–H and O–H groups in total. The monoisotopic (exact) mass is 237 g/mol. The third-order valence-corrected chi connectivity index (χ3v) is 2.73. The molecule has 0 spiro atoms. The fourth-order valence-electron chi connectivity index (χ4n) is 1.75. The molecule has 5 nitrogen and oxygen atoms in total. The fourth-order valence-corrected chi connectivity index (χ4v) is 1.75. The van der Waals surface area contributed by atoms with Crippen molar-refractivity contribution in [3.63, 3.8) is 0 Å². The van der Waals surface area contributed by atoms with Gasteiger partial charge >= 0.3 is 0 Å². The number of aliphatic hydroxyl groups excluding tert-OH is 2. The van der Waals surface area contributed by atoms with Gasteiger partial charge in [-0.15, -0.1) is 0 Å². The summed E-state index contributed by atoms with van der Waals surface area (Å²) in [5, 5.41) is 20.3. The number of benzene rings is 1. The van der Waals surface area contributed by atoms with Gasteiger partial charge in [-0.1, -0.05) is 0 Å². The molecule has 1 heterocycles. The highest BCUT2D eigenvalue weighted by Crippen LogP contribution is 2.25. The first kappa shape index (κ1) is 11.9. The minimum Gasteiger partial charge on any atom is -0.493 e. The average Bonchev–Trinajstić information content (AvgIpc) is 2.82. The van der Waals surface area contributed by atoms with Gasteiger partial charge in [0.15, 0.2) is 0 Å². The number of nitrogens with one attached hydrogen (secondary N) is 1. The van der Waals surface area contributed by atoms with Gasteiger partial charge in [0.2, 0.25) is 0 Å². The van der Waals surface area contributed by atoms with Crippen LogP contribution in [0.2, 0.25) is 0 Å². The van der Waals surface area contributed by atoms with Crippen LogP contribution in [-0.4, -0.2) is 42.0 Å². The van der Waals surface area contributed by atoms with E-state index in [0.717, 1.165) is 17.7 Å². The van der Waals surface area contributed by atoms with E-state index in [4.69, 9.17) is 14.9 Å². The summed E-state index contributed by atoms with van der Waals surface area (Å²) < 4.78 is 5.34. The van der Waals surface area contributed by atoms with E-state index >= 15 is 0 Å². The molecule has 0 fully saturated rings. The van der Waals surface area contributed by atoms with E-state index in [2.05, 4.69) is 5.32 Å². The molecule has 0 atom stereocenters. The Balaban J connectivity index is 2.09. The van der Waals surface area contributed by atoms with Crippen LogP contribution in [0.4, 0.5) is 0 Å². The molecule has 0 unspecified atom stereocenters. The number of hydrogen-bond donors (Lipinski definition) is 3. The predicted octanol–water partition coefficient (Wildman–Crippen LogP) is -0.296. The molecule has 0 bridgehead atoms. The first-order valence-corrected chi connectivity index (χ1v) is 5.53. The first-order valence-electron chi connectivity index (χ1n) is 5.53. The minimum absolute atomic E-state index is 0.281. The second kappa shape index (κ2) is 5.16. The first-order chi connectivity index (χ1) is 8.24. The van der Waals surface area contributed by atoms with Gasteiger partial charge in [-0.25, -0.2) is 0 Å². The maximum atomic E-state index is 11.8. The van der Waals surface area contributed by atoms with Crippen LogP contribution in [0.15, 0.2) is 18.2 Å². The second-order valence-electron chi connectivity index (χ2n) is 3.96. The van der Waals surface area contributed by atoms with Crippen LogP contribution in [0.3, 0.4) is 0 Å². The second-order valence-corrected chi connectivity index (χ2v) is 3.96. The number of amides is 1. The summed E-state index contributed by atoms with van der Waals surface area (Å²) in [6, 6.07) is 4.60. The molecule has 0 saturated carbocycles. The number of rotatable bonds is 4. The molecule has 92 valence electrons. The molecule has 0 radical (unpaired) electrons. The van der Waals surface area contributed by atoms with E-state index in [1.54, 1.807) is 18.2 Å². The predicted molar refractivity (Wildman–Crippen MR) is 61.1 cm³/mol. The van der Waals surface area contributed by atoms with Crippen molar-refractivity contribution in [3.8, 4) is 5.75 Å². The normalized spacial score (nSPS) is 13.4. The molecular weight excluding hydrogens is 222 g/mol. The SMILES string of the molecule is O=C(NC(CO)CO)c1ccc2c(c1)CCO2. The van der Waals surface area contributed by atoms with Crippen LogP contribution in [-0.2, 0) is 6.42 Å². The molecule has 0 saturated heterocycles. The summed E-state index contributed by atoms with van der Waals surface area (Å²) in [5.74, 6) is 0.523. The van der Waals surface area contributed by atoms with Crippen molar-refractivity contribution in [2.75, 3.05) is 19.8 Å². The van der Waals surface area contributed by atoms with Crippen molar-refractivity contribution in [3.05, 3.63) is 29.3 Å². The van der Waals surface area contributed by atoms with Crippen molar-refractivity contribution in [1.29, 1.82) is 0 Å². The molecule has 1 aliphatic rings. The van der Waals surface area contributed by atoms with Gasteiger partial charge < -0.3 is 20.3 Å².